The first-order chi connectivity index (χ1) is 30.2. The molecule has 11 nitrogen and oxygen atoms in total. The first-order valence-corrected chi connectivity index (χ1v) is 26.1. The topological polar surface area (TPSA) is 180 Å². The number of amidine groups is 1. The highest BCUT2D eigenvalue weighted by atomic mass is 32.3. The lowest BCUT2D eigenvalue weighted by atomic mass is 10.0. The maximum atomic E-state index is 10.6. The van der Waals surface area contributed by atoms with Gasteiger partial charge in [-0.05, 0) is 102 Å². The summed E-state index contributed by atoms with van der Waals surface area (Å²) in [5.74, 6) is -0.934. The van der Waals surface area contributed by atoms with Gasteiger partial charge in [-0.1, -0.05) is 160 Å². The third-order valence-corrected chi connectivity index (χ3v) is 12.0. The summed E-state index contributed by atoms with van der Waals surface area (Å²) in [6.45, 7) is 10.3. The molecule has 0 saturated carbocycles. The van der Waals surface area contributed by atoms with E-state index in [1.807, 2.05) is 0 Å². The lowest BCUT2D eigenvalue weighted by Crippen LogP contribution is -2.43. The second kappa shape index (κ2) is 39.3. The number of nitrogens with zero attached hydrogens (tertiary/aromatic N) is 2. The monoisotopic (exact) mass is 906 g/mol. The molecule has 0 radical (unpaired) electrons. The summed E-state index contributed by atoms with van der Waals surface area (Å²) in [4.78, 5) is 28.8. The Morgan fingerprint density at radius 3 is 1.37 bits per heavy atom. The fraction of sp³-hybridized carbons (Fsp3) is 0.745. The van der Waals surface area contributed by atoms with Gasteiger partial charge in [0.1, 0.15) is 11.5 Å². The maximum Gasteiger partial charge on any atom is 0.397 e. The predicted molar refractivity (Wildman–Crippen MR) is 263 cm³/mol. The lowest BCUT2D eigenvalue weighted by Gasteiger charge is -2.24. The molecule has 1 aromatic carbocycles. The molecular formula is C51H91N3O8S. The summed E-state index contributed by atoms with van der Waals surface area (Å²) in [5.41, 5.74) is 6.79. The third-order valence-electron chi connectivity index (χ3n) is 11.6. The van der Waals surface area contributed by atoms with Gasteiger partial charge in [-0.25, -0.2) is 14.6 Å². The number of allylic oxidation sites excluding steroid dienone is 4. The number of unbranched alkanes of at least 4 members (excludes halogenated alkanes) is 24. The van der Waals surface area contributed by atoms with Crippen molar-refractivity contribution in [2.75, 3.05) is 20.2 Å². The van der Waals surface area contributed by atoms with Gasteiger partial charge in [0.2, 0.25) is 0 Å². The number of rotatable bonds is 36. The van der Waals surface area contributed by atoms with Gasteiger partial charge in [0.05, 0.1) is 24.8 Å². The highest BCUT2D eigenvalue weighted by molar-refractivity contribution is 7.80. The van der Waals surface area contributed by atoms with Crippen LogP contribution in [0.2, 0.25) is 0 Å². The first-order valence-electron chi connectivity index (χ1n) is 24.8. The number of carboxylic acids is 2. The largest absolute Gasteiger partial charge is 0.478 e. The second-order valence-electron chi connectivity index (χ2n) is 17.2. The molecule has 1 aliphatic heterocycles. The Kier molecular flexibility index (Phi) is 37.4. The van der Waals surface area contributed by atoms with Crippen molar-refractivity contribution in [1.82, 2.24) is 4.90 Å². The van der Waals surface area contributed by atoms with Crippen LogP contribution in [0.3, 0.4) is 0 Å². The number of likely N-dealkylation sites (N-methyl/N-ethyl adjacent to an activating group) is 1. The van der Waals surface area contributed by atoms with E-state index in [0.717, 1.165) is 33.0 Å². The fourth-order valence-electron chi connectivity index (χ4n) is 7.74. The molecule has 0 aliphatic carbocycles. The van der Waals surface area contributed by atoms with Gasteiger partial charge >= 0.3 is 22.3 Å². The highest BCUT2D eigenvalue weighted by Crippen LogP contribution is 2.25. The van der Waals surface area contributed by atoms with Crippen molar-refractivity contribution in [2.24, 2.45) is 10.7 Å². The number of aliphatic imine (C=N–C) groups is 1. The minimum Gasteiger partial charge on any atom is -0.478 e. The Balaban J connectivity index is 0.00000165. The zero-order valence-corrected chi connectivity index (χ0v) is 41.2. The zero-order chi connectivity index (χ0) is 47.0. The summed E-state index contributed by atoms with van der Waals surface area (Å²) < 4.78 is 29.7. The number of aromatic carboxylic acids is 2. The molecule has 0 fully saturated rings. The number of hydrogen-bond acceptors (Lipinski definition) is 8. The molecule has 0 amide bonds. The van der Waals surface area contributed by atoms with Crippen LogP contribution in [0.15, 0.2) is 47.5 Å². The molecule has 1 heterocycles. The van der Waals surface area contributed by atoms with Crippen molar-refractivity contribution in [2.45, 2.75) is 226 Å². The summed E-state index contributed by atoms with van der Waals surface area (Å²) in [6, 6.07) is 4.17. The maximum absolute atomic E-state index is 10.6. The van der Waals surface area contributed by atoms with Gasteiger partial charge in [-0.15, -0.1) is 0 Å². The van der Waals surface area contributed by atoms with E-state index in [1.54, 1.807) is 0 Å². The molecule has 5 N–H and O–H groups in total. The normalized spacial score (nSPS) is 15.0. The van der Waals surface area contributed by atoms with Crippen molar-refractivity contribution >= 4 is 28.2 Å². The van der Waals surface area contributed by atoms with Crippen molar-refractivity contribution in [1.29, 1.82) is 0 Å². The van der Waals surface area contributed by atoms with Crippen molar-refractivity contribution in [3.63, 3.8) is 0 Å². The van der Waals surface area contributed by atoms with E-state index in [2.05, 4.69) is 54.2 Å². The number of carboxylic acid groups (broad SMARTS) is 2. The van der Waals surface area contributed by atoms with Crippen LogP contribution in [-0.2, 0) is 14.6 Å². The number of nitrogens with two attached hydrogens (primary N) is 1. The van der Waals surface area contributed by atoms with E-state index in [9.17, 15) is 18.0 Å². The molecule has 63 heavy (non-hydrogen) atoms. The average Bonchev–Trinajstić information content (AvgIpc) is 3.58. The number of hydrogen-bond donors (Lipinski definition) is 4. The Labute approximate surface area is 384 Å². The van der Waals surface area contributed by atoms with Crippen LogP contribution < -0.4 is 5.73 Å². The van der Waals surface area contributed by atoms with Gasteiger partial charge in [-0.2, -0.15) is 8.42 Å². The van der Waals surface area contributed by atoms with E-state index < -0.39 is 22.3 Å². The van der Waals surface area contributed by atoms with Crippen LogP contribution in [0.25, 0.3) is 0 Å². The summed E-state index contributed by atoms with van der Waals surface area (Å²) in [7, 11) is -3.29. The molecule has 12 heteroatoms. The van der Waals surface area contributed by atoms with Crippen LogP contribution in [0.1, 0.15) is 240 Å². The van der Waals surface area contributed by atoms with Crippen LogP contribution >= 0.6 is 0 Å². The van der Waals surface area contributed by atoms with E-state index in [4.69, 9.17) is 25.5 Å². The van der Waals surface area contributed by atoms with E-state index in [-0.39, 0.29) is 22.4 Å². The smallest absolute Gasteiger partial charge is 0.397 e. The number of benzene rings is 1. The Hall–Kier alpha value is -3.06. The summed E-state index contributed by atoms with van der Waals surface area (Å²) >= 11 is 0. The minimum atomic E-state index is -4.16. The van der Waals surface area contributed by atoms with Crippen LogP contribution in [0.5, 0.6) is 0 Å². The van der Waals surface area contributed by atoms with Crippen LogP contribution in [0, 0.1) is 6.92 Å². The Bertz CT molecular complexity index is 1480. The van der Waals surface area contributed by atoms with Crippen LogP contribution in [0.4, 0.5) is 0 Å². The van der Waals surface area contributed by atoms with Gasteiger partial charge in [-0.3, -0.25) is 8.74 Å². The van der Waals surface area contributed by atoms with Crippen molar-refractivity contribution in [3.05, 3.63) is 59.2 Å². The van der Waals surface area contributed by atoms with Gasteiger partial charge in [0, 0.05) is 13.0 Å². The predicted octanol–water partition coefficient (Wildman–Crippen LogP) is 14.1. The molecule has 1 aromatic rings. The SMILES string of the molecule is CCCCCCCC/C=C\CCCCCCCCC1=NC(N)(CCCCCCCC/C=C\CCCCCCCC)CN1CC.COS(=O)(=O)O.Cc1c(C(=O)O)cccc1C(=O)O. The first kappa shape index (κ1) is 59.9. The molecule has 1 unspecified atom stereocenters. The minimum absolute atomic E-state index is 0.0277. The fourth-order valence-corrected chi connectivity index (χ4v) is 7.74. The summed E-state index contributed by atoms with van der Waals surface area (Å²) in [5, 5.41) is 17.4. The molecule has 1 aliphatic rings. The molecule has 1 atom stereocenters. The van der Waals surface area contributed by atoms with Gasteiger partial charge in [0.15, 0.2) is 0 Å². The molecule has 0 aromatic heterocycles. The molecule has 0 saturated heterocycles. The number of carbonyl (C=O) groups is 2. The second-order valence-corrected chi connectivity index (χ2v) is 18.4. The molecule has 0 bridgehead atoms. The lowest BCUT2D eigenvalue weighted by molar-refractivity contribution is 0.0696. The van der Waals surface area contributed by atoms with Gasteiger partial charge < -0.3 is 20.8 Å². The van der Waals surface area contributed by atoms with Crippen LogP contribution in [-0.4, -0.2) is 71.7 Å². The Morgan fingerprint density at radius 1 is 0.667 bits per heavy atom. The van der Waals surface area contributed by atoms with E-state index in [1.165, 1.54) is 211 Å². The standard InChI is InChI=1S/C41H79N3.C9H8O4.CH4O4S/c1-4-7-9-11-13-15-17-19-21-23-25-27-29-31-33-35-37-40-43-41(42,39-44(40)6-3)38-36-34-32-30-28-26-24-22-20-18-16-14-12-10-8-5-2;1-5-6(8(10)11)3-2-4-7(5)9(12)13;1-5-6(2,3)4/h19-22H,4-18,23-39,42H2,1-3H3;2-4H,1H3,(H,10,11)(H,12,13);1H3,(H,2,3,4)/b21-19-,22-20-;;. The van der Waals surface area contributed by atoms with E-state index >= 15 is 0 Å². The quantitative estimate of drug-likeness (QED) is 0.0287. The molecule has 2 rings (SSSR count). The van der Waals surface area contributed by atoms with Crippen molar-refractivity contribution < 1.29 is 37.0 Å². The van der Waals surface area contributed by atoms with E-state index in [0.29, 0.717) is 0 Å². The zero-order valence-electron chi connectivity index (χ0n) is 40.4. The molecular weight excluding hydrogens is 815 g/mol. The molecule has 364 valence electrons. The Morgan fingerprint density at radius 2 is 1.02 bits per heavy atom. The average molecular weight is 906 g/mol. The molecule has 0 spiro atoms. The van der Waals surface area contributed by atoms with Crippen molar-refractivity contribution in [3.8, 4) is 0 Å². The van der Waals surface area contributed by atoms with Gasteiger partial charge in [0.25, 0.3) is 0 Å². The summed E-state index contributed by atoms with van der Waals surface area (Å²) in [6.07, 6.45) is 49.8. The third kappa shape index (κ3) is 34.0. The highest BCUT2D eigenvalue weighted by Gasteiger charge is 2.34.